The van der Waals surface area contributed by atoms with Gasteiger partial charge in [0.15, 0.2) is 0 Å². The summed E-state index contributed by atoms with van der Waals surface area (Å²) in [5.74, 6) is -0.467. The standard InChI is InChI=1S/C30H26FN7OS/c31-20-4-6-21(7-5-20)38-12-10-37(11-13-38)17-29-34-28(18-40-29)30(39)35-26-14-19(15-27-24(26)16-33-36-27)22-2-1-3-25-23(22)8-9-32-25/h1-9,14-16,18,32H,10-13,17H2,(H,33,36)(H,35,39). The summed E-state index contributed by atoms with van der Waals surface area (Å²) in [4.78, 5) is 25.8. The molecule has 200 valence electrons. The van der Waals surface area contributed by atoms with Crippen molar-refractivity contribution in [3.05, 3.63) is 95.0 Å². The number of hydrogen-bond donors (Lipinski definition) is 3. The zero-order valence-electron chi connectivity index (χ0n) is 21.5. The lowest BCUT2D eigenvalue weighted by Crippen LogP contribution is -2.45. The van der Waals surface area contributed by atoms with E-state index in [1.807, 2.05) is 41.9 Å². The van der Waals surface area contributed by atoms with Gasteiger partial charge in [0.1, 0.15) is 16.5 Å². The zero-order chi connectivity index (χ0) is 27.1. The fourth-order valence-corrected chi connectivity index (χ4v) is 6.14. The van der Waals surface area contributed by atoms with Crippen molar-refractivity contribution < 1.29 is 9.18 Å². The molecule has 1 fully saturated rings. The molecule has 1 amide bonds. The van der Waals surface area contributed by atoms with Crippen LogP contribution in [0.2, 0.25) is 0 Å². The van der Waals surface area contributed by atoms with E-state index in [1.54, 1.807) is 6.20 Å². The number of hydrogen-bond acceptors (Lipinski definition) is 6. The average molecular weight is 552 g/mol. The number of amides is 1. The van der Waals surface area contributed by atoms with Gasteiger partial charge in [-0.2, -0.15) is 5.10 Å². The molecule has 3 aromatic heterocycles. The Hall–Kier alpha value is -4.54. The van der Waals surface area contributed by atoms with Gasteiger partial charge in [0.2, 0.25) is 0 Å². The fraction of sp³-hybridized carbons (Fsp3) is 0.167. The molecule has 1 aliphatic rings. The number of rotatable bonds is 6. The topological polar surface area (TPSA) is 92.9 Å². The van der Waals surface area contributed by atoms with Crippen LogP contribution < -0.4 is 10.2 Å². The minimum atomic E-state index is -0.247. The largest absolute Gasteiger partial charge is 0.369 e. The number of H-pyrrole nitrogens is 2. The Morgan fingerprint density at radius 2 is 1.85 bits per heavy atom. The van der Waals surface area contributed by atoms with E-state index >= 15 is 0 Å². The van der Waals surface area contributed by atoms with E-state index in [1.165, 1.54) is 23.5 Å². The van der Waals surface area contributed by atoms with Crippen LogP contribution in [-0.4, -0.2) is 57.2 Å². The fourth-order valence-electron chi connectivity index (χ4n) is 5.33. The SMILES string of the molecule is O=C(Nc1cc(-c2cccc3[nH]ccc23)cc2[nH]ncc12)c1csc(CN2CCN(c3ccc(F)cc3)CC2)n1. The molecular formula is C30H26FN7OS. The molecule has 7 rings (SSSR count). The van der Waals surface area contributed by atoms with Gasteiger partial charge < -0.3 is 15.2 Å². The molecule has 1 saturated heterocycles. The Labute approximate surface area is 233 Å². The van der Waals surface area contributed by atoms with Crippen LogP contribution in [0.4, 0.5) is 15.8 Å². The van der Waals surface area contributed by atoms with Crippen molar-refractivity contribution in [1.82, 2.24) is 25.1 Å². The predicted molar refractivity (Wildman–Crippen MR) is 157 cm³/mol. The Morgan fingerprint density at radius 1 is 1.00 bits per heavy atom. The maximum Gasteiger partial charge on any atom is 0.275 e. The molecule has 10 heteroatoms. The van der Waals surface area contributed by atoms with Gasteiger partial charge in [0.05, 0.1) is 23.9 Å². The Bertz CT molecular complexity index is 1820. The number of benzene rings is 3. The molecule has 0 saturated carbocycles. The summed E-state index contributed by atoms with van der Waals surface area (Å²) < 4.78 is 13.3. The quantitative estimate of drug-likeness (QED) is 0.240. The van der Waals surface area contributed by atoms with Gasteiger partial charge in [0, 0.05) is 59.7 Å². The second kappa shape index (κ2) is 10.2. The Morgan fingerprint density at radius 3 is 2.70 bits per heavy atom. The first-order valence-corrected chi connectivity index (χ1v) is 14.0. The van der Waals surface area contributed by atoms with Crippen molar-refractivity contribution in [3.63, 3.8) is 0 Å². The molecule has 3 aromatic carbocycles. The molecule has 6 aromatic rings. The maximum atomic E-state index is 13.3. The van der Waals surface area contributed by atoms with Gasteiger partial charge in [-0.15, -0.1) is 11.3 Å². The van der Waals surface area contributed by atoms with E-state index in [4.69, 9.17) is 0 Å². The van der Waals surface area contributed by atoms with Crippen molar-refractivity contribution >= 4 is 50.4 Å². The van der Waals surface area contributed by atoms with Crippen molar-refractivity contribution in [2.24, 2.45) is 0 Å². The maximum absolute atomic E-state index is 13.3. The van der Waals surface area contributed by atoms with Gasteiger partial charge in [-0.3, -0.25) is 14.8 Å². The van der Waals surface area contributed by atoms with E-state index in [0.717, 1.165) is 69.8 Å². The lowest BCUT2D eigenvalue weighted by atomic mass is 9.99. The number of nitrogens with zero attached hydrogens (tertiary/aromatic N) is 4. The summed E-state index contributed by atoms with van der Waals surface area (Å²) in [6.07, 6.45) is 3.65. The van der Waals surface area contributed by atoms with Crippen LogP contribution in [0.3, 0.4) is 0 Å². The summed E-state index contributed by atoms with van der Waals surface area (Å²) in [7, 11) is 0. The zero-order valence-corrected chi connectivity index (χ0v) is 22.3. The highest BCUT2D eigenvalue weighted by molar-refractivity contribution is 7.09. The molecule has 0 atom stereocenters. The van der Waals surface area contributed by atoms with Crippen LogP contribution in [0.15, 0.2) is 78.4 Å². The number of piperazine rings is 1. The molecule has 0 unspecified atom stereocenters. The molecule has 0 radical (unpaired) electrons. The molecule has 40 heavy (non-hydrogen) atoms. The van der Waals surface area contributed by atoms with Gasteiger partial charge in [0.25, 0.3) is 5.91 Å². The van der Waals surface area contributed by atoms with Gasteiger partial charge in [-0.05, 0) is 59.7 Å². The monoisotopic (exact) mass is 551 g/mol. The minimum absolute atomic E-state index is 0.220. The third kappa shape index (κ3) is 4.72. The van der Waals surface area contributed by atoms with E-state index < -0.39 is 0 Å². The molecule has 8 nitrogen and oxygen atoms in total. The van der Waals surface area contributed by atoms with Crippen molar-refractivity contribution in [1.29, 1.82) is 0 Å². The molecule has 0 spiro atoms. The third-order valence-corrected chi connectivity index (χ3v) is 8.25. The first-order chi connectivity index (χ1) is 19.6. The first-order valence-electron chi connectivity index (χ1n) is 13.1. The van der Waals surface area contributed by atoms with E-state index in [2.05, 4.69) is 53.5 Å². The second-order valence-electron chi connectivity index (χ2n) is 9.92. The smallest absolute Gasteiger partial charge is 0.275 e. The number of carbonyl (C=O) groups is 1. The average Bonchev–Trinajstić information content (AvgIpc) is 3.75. The molecule has 3 N–H and O–H groups in total. The van der Waals surface area contributed by atoms with E-state index in [0.29, 0.717) is 17.9 Å². The van der Waals surface area contributed by atoms with Crippen molar-refractivity contribution in [2.75, 3.05) is 36.4 Å². The number of fused-ring (bicyclic) bond motifs is 2. The third-order valence-electron chi connectivity index (χ3n) is 7.42. The normalized spacial score (nSPS) is 14.3. The van der Waals surface area contributed by atoms with Gasteiger partial charge in [-0.25, -0.2) is 9.37 Å². The molecular weight excluding hydrogens is 525 g/mol. The van der Waals surface area contributed by atoms with Crippen molar-refractivity contribution in [3.8, 4) is 11.1 Å². The number of halogens is 1. The molecule has 1 aliphatic heterocycles. The number of anilines is 2. The van der Waals surface area contributed by atoms with E-state index in [9.17, 15) is 9.18 Å². The van der Waals surface area contributed by atoms with Crippen LogP contribution in [0, 0.1) is 5.82 Å². The molecule has 0 bridgehead atoms. The van der Waals surface area contributed by atoms with Crippen LogP contribution in [0.1, 0.15) is 15.5 Å². The first kappa shape index (κ1) is 24.5. The highest BCUT2D eigenvalue weighted by Gasteiger charge is 2.20. The Balaban J connectivity index is 1.05. The van der Waals surface area contributed by atoms with Crippen molar-refractivity contribution in [2.45, 2.75) is 6.54 Å². The summed E-state index contributed by atoms with van der Waals surface area (Å²) in [5.41, 5.74) is 6.08. The van der Waals surface area contributed by atoms with Crippen LogP contribution in [-0.2, 0) is 6.54 Å². The van der Waals surface area contributed by atoms with Crippen LogP contribution >= 0.6 is 11.3 Å². The number of thiazole rings is 1. The predicted octanol–water partition coefficient (Wildman–Crippen LogP) is 5.88. The number of aromatic amines is 2. The molecule has 4 heterocycles. The summed E-state index contributed by atoms with van der Waals surface area (Å²) >= 11 is 1.50. The minimum Gasteiger partial charge on any atom is -0.369 e. The van der Waals surface area contributed by atoms with Gasteiger partial charge in [-0.1, -0.05) is 12.1 Å². The second-order valence-corrected chi connectivity index (χ2v) is 10.9. The molecule has 0 aliphatic carbocycles. The summed E-state index contributed by atoms with van der Waals surface area (Å²) in [6, 6.07) is 18.9. The summed E-state index contributed by atoms with van der Waals surface area (Å²) in [5, 5.41) is 15.0. The van der Waals surface area contributed by atoms with Crippen LogP contribution in [0.25, 0.3) is 32.9 Å². The van der Waals surface area contributed by atoms with Crippen LogP contribution in [0.5, 0.6) is 0 Å². The highest BCUT2D eigenvalue weighted by Crippen LogP contribution is 2.34. The number of carbonyl (C=O) groups excluding carboxylic acids is 1. The summed E-state index contributed by atoms with van der Waals surface area (Å²) in [6.45, 7) is 4.16. The Kier molecular flexibility index (Phi) is 6.26. The lowest BCUT2D eigenvalue weighted by molar-refractivity contribution is 0.102. The van der Waals surface area contributed by atoms with Gasteiger partial charge >= 0.3 is 0 Å². The highest BCUT2D eigenvalue weighted by atomic mass is 32.1. The lowest BCUT2D eigenvalue weighted by Gasteiger charge is -2.35. The number of nitrogens with one attached hydrogen (secondary N) is 3. The number of aromatic nitrogens is 4. The van der Waals surface area contributed by atoms with E-state index in [-0.39, 0.29) is 11.7 Å².